The van der Waals surface area contributed by atoms with E-state index in [9.17, 15) is 0 Å². The Bertz CT molecular complexity index is 1890. The summed E-state index contributed by atoms with van der Waals surface area (Å²) in [6.07, 6.45) is 19.1. The van der Waals surface area contributed by atoms with Crippen molar-refractivity contribution < 1.29 is 4.74 Å². The van der Waals surface area contributed by atoms with Gasteiger partial charge in [0, 0.05) is 12.3 Å². The molecule has 0 amide bonds. The van der Waals surface area contributed by atoms with Crippen molar-refractivity contribution in [2.75, 3.05) is 0 Å². The maximum Gasteiger partial charge on any atom is 0.219 e. The lowest BCUT2D eigenvalue weighted by Gasteiger charge is -2.43. The highest BCUT2D eigenvalue weighted by atomic mass is 16.5. The van der Waals surface area contributed by atoms with E-state index in [1.165, 1.54) is 110 Å². The fourth-order valence-electron chi connectivity index (χ4n) is 9.70. The van der Waals surface area contributed by atoms with E-state index in [4.69, 9.17) is 14.7 Å². The zero-order valence-corrected chi connectivity index (χ0v) is 27.4. The quantitative estimate of drug-likeness (QED) is 0.197. The van der Waals surface area contributed by atoms with E-state index in [-0.39, 0.29) is 0 Å². The van der Waals surface area contributed by atoms with Crippen molar-refractivity contribution in [2.45, 2.75) is 89.4 Å². The second kappa shape index (κ2) is 11.8. The van der Waals surface area contributed by atoms with Gasteiger partial charge in [-0.05, 0) is 144 Å². The molecule has 3 heteroatoms. The van der Waals surface area contributed by atoms with Crippen molar-refractivity contribution in [3.8, 4) is 34.1 Å². The summed E-state index contributed by atoms with van der Waals surface area (Å²) in [6, 6.07) is 35.0. The fraction of sp³-hybridized carbons (Fsp3) is 0.364. The molecule has 4 aliphatic carbocycles. The van der Waals surface area contributed by atoms with Crippen LogP contribution in [0.3, 0.4) is 0 Å². The predicted molar refractivity (Wildman–Crippen MR) is 190 cm³/mol. The predicted octanol–water partition coefficient (Wildman–Crippen LogP) is 11.1. The van der Waals surface area contributed by atoms with Crippen molar-refractivity contribution >= 4 is 0 Å². The van der Waals surface area contributed by atoms with Crippen LogP contribution in [0.1, 0.15) is 91.5 Å². The smallest absolute Gasteiger partial charge is 0.219 e. The molecule has 4 aliphatic rings. The molecule has 2 saturated carbocycles. The van der Waals surface area contributed by atoms with Gasteiger partial charge in [0.1, 0.15) is 5.75 Å². The Balaban J connectivity index is 0.969. The number of nitrogens with zero attached hydrogens (tertiary/aromatic N) is 2. The number of hydrogen-bond donors (Lipinski definition) is 0. The molecule has 5 aromatic rings. The Morgan fingerprint density at radius 1 is 0.553 bits per heavy atom. The molecule has 2 aromatic heterocycles. The van der Waals surface area contributed by atoms with Gasteiger partial charge in [0.15, 0.2) is 0 Å². The molecule has 0 radical (unpaired) electrons. The summed E-state index contributed by atoms with van der Waals surface area (Å²) >= 11 is 0. The van der Waals surface area contributed by atoms with Crippen molar-refractivity contribution in [3.63, 3.8) is 0 Å². The van der Waals surface area contributed by atoms with Crippen LogP contribution in [0.25, 0.3) is 22.5 Å². The molecule has 0 N–H and O–H groups in total. The third kappa shape index (κ3) is 5.69. The molecule has 2 heterocycles. The van der Waals surface area contributed by atoms with Crippen molar-refractivity contribution in [3.05, 3.63) is 131 Å². The third-order valence-electron chi connectivity index (χ3n) is 12.1. The van der Waals surface area contributed by atoms with Crippen LogP contribution in [0, 0.1) is 10.8 Å². The first kappa shape index (κ1) is 28.9. The Morgan fingerprint density at radius 3 is 2.06 bits per heavy atom. The van der Waals surface area contributed by atoms with E-state index >= 15 is 0 Å². The number of aromatic nitrogens is 2. The van der Waals surface area contributed by atoms with Crippen LogP contribution in [-0.2, 0) is 25.7 Å². The van der Waals surface area contributed by atoms with Gasteiger partial charge in [-0.25, -0.2) is 4.98 Å². The zero-order chi connectivity index (χ0) is 31.3. The van der Waals surface area contributed by atoms with Crippen LogP contribution in [0.15, 0.2) is 103 Å². The lowest BCUT2D eigenvalue weighted by molar-refractivity contribution is 0.114. The second-order valence-electron chi connectivity index (χ2n) is 15.3. The van der Waals surface area contributed by atoms with E-state index in [0.29, 0.717) is 22.6 Å². The molecule has 2 fully saturated rings. The first-order valence-electron chi connectivity index (χ1n) is 18.0. The average Bonchev–Trinajstić information content (AvgIpc) is 3.66. The molecule has 0 saturated heterocycles. The van der Waals surface area contributed by atoms with E-state index in [1.807, 2.05) is 12.1 Å². The SMILES string of the molecule is c1ccc(-c2cc(Oc3cccc(-c4cc5c(cn4)CC4(Cc6ccccc6C4)C5)n3)cc(C3CCC4(CCCCC4)CC3)c2)cc1. The standard InChI is InChI=1S/C44H44N2O/c1-3-10-31(11-4-1)35-22-36(32-16-20-43(21-17-32)18-7-2-8-19-43)24-39(23-35)47-42-15-9-14-40(46-42)41-25-37-28-44(29-38(37)30-45-41)26-33-12-5-6-13-34(33)27-44/h1,3-6,9-15,22-25,30,32H,2,7-8,16-21,26-29H2. The number of fused-ring (bicyclic) bond motifs is 2. The number of hydrogen-bond acceptors (Lipinski definition) is 3. The van der Waals surface area contributed by atoms with Crippen LogP contribution in [-0.4, -0.2) is 9.97 Å². The molecule has 0 aliphatic heterocycles. The van der Waals surface area contributed by atoms with E-state index in [1.54, 1.807) is 0 Å². The van der Waals surface area contributed by atoms with Gasteiger partial charge in [0.05, 0.1) is 11.4 Å². The number of benzene rings is 3. The van der Waals surface area contributed by atoms with Crippen LogP contribution >= 0.6 is 0 Å². The molecule has 3 nitrogen and oxygen atoms in total. The molecular formula is C44H44N2O. The number of pyridine rings is 2. The molecule has 236 valence electrons. The topological polar surface area (TPSA) is 35.0 Å². The fourth-order valence-corrected chi connectivity index (χ4v) is 9.70. The Morgan fingerprint density at radius 2 is 1.28 bits per heavy atom. The Hall–Kier alpha value is -4.24. The summed E-state index contributed by atoms with van der Waals surface area (Å²) in [5.74, 6) is 2.07. The van der Waals surface area contributed by atoms with E-state index in [2.05, 4.69) is 91.1 Å². The van der Waals surface area contributed by atoms with Crippen molar-refractivity contribution in [1.82, 2.24) is 9.97 Å². The van der Waals surface area contributed by atoms with Gasteiger partial charge in [-0.3, -0.25) is 4.98 Å². The Kier molecular flexibility index (Phi) is 7.25. The minimum atomic E-state index is 0.307. The first-order chi connectivity index (χ1) is 23.1. The normalized spacial score (nSPS) is 19.5. The summed E-state index contributed by atoms with van der Waals surface area (Å²) in [4.78, 5) is 9.92. The van der Waals surface area contributed by atoms with Gasteiger partial charge in [-0.1, -0.05) is 86.0 Å². The highest BCUT2D eigenvalue weighted by Crippen LogP contribution is 2.52. The van der Waals surface area contributed by atoms with Gasteiger partial charge in [-0.2, -0.15) is 0 Å². The largest absolute Gasteiger partial charge is 0.439 e. The molecule has 2 spiro atoms. The van der Waals surface area contributed by atoms with Crippen LogP contribution in [0.2, 0.25) is 0 Å². The molecule has 9 rings (SSSR count). The van der Waals surface area contributed by atoms with Crippen molar-refractivity contribution in [1.29, 1.82) is 0 Å². The Labute approximate surface area is 279 Å². The van der Waals surface area contributed by atoms with Crippen LogP contribution < -0.4 is 4.74 Å². The lowest BCUT2D eigenvalue weighted by atomic mass is 9.62. The van der Waals surface area contributed by atoms with Gasteiger partial charge in [0.25, 0.3) is 0 Å². The van der Waals surface area contributed by atoms with E-state index < -0.39 is 0 Å². The highest BCUT2D eigenvalue weighted by Gasteiger charge is 2.42. The third-order valence-corrected chi connectivity index (χ3v) is 12.1. The molecule has 0 atom stereocenters. The maximum atomic E-state index is 6.61. The van der Waals surface area contributed by atoms with Crippen LogP contribution in [0.5, 0.6) is 11.6 Å². The zero-order valence-electron chi connectivity index (χ0n) is 27.4. The van der Waals surface area contributed by atoms with Gasteiger partial charge >= 0.3 is 0 Å². The monoisotopic (exact) mass is 616 g/mol. The second-order valence-corrected chi connectivity index (χ2v) is 15.3. The van der Waals surface area contributed by atoms with E-state index in [0.717, 1.165) is 30.0 Å². The first-order valence-corrected chi connectivity index (χ1v) is 18.0. The molecular weight excluding hydrogens is 572 g/mol. The minimum Gasteiger partial charge on any atom is -0.439 e. The molecule has 3 aromatic carbocycles. The van der Waals surface area contributed by atoms with Crippen LogP contribution in [0.4, 0.5) is 0 Å². The van der Waals surface area contributed by atoms with Gasteiger partial charge < -0.3 is 4.74 Å². The molecule has 0 bridgehead atoms. The lowest BCUT2D eigenvalue weighted by Crippen LogP contribution is -2.29. The number of ether oxygens (including phenoxy) is 1. The van der Waals surface area contributed by atoms with Crippen molar-refractivity contribution in [2.24, 2.45) is 10.8 Å². The molecule has 0 unspecified atom stereocenters. The average molecular weight is 617 g/mol. The summed E-state index contributed by atoms with van der Waals surface area (Å²) < 4.78 is 6.61. The summed E-state index contributed by atoms with van der Waals surface area (Å²) in [6.45, 7) is 0. The molecule has 47 heavy (non-hydrogen) atoms. The maximum absolute atomic E-state index is 6.61. The number of rotatable bonds is 5. The summed E-state index contributed by atoms with van der Waals surface area (Å²) in [7, 11) is 0. The van der Waals surface area contributed by atoms with Gasteiger partial charge in [0.2, 0.25) is 5.88 Å². The summed E-state index contributed by atoms with van der Waals surface area (Å²) in [5, 5.41) is 0. The summed E-state index contributed by atoms with van der Waals surface area (Å²) in [5.41, 5.74) is 12.4. The van der Waals surface area contributed by atoms with Gasteiger partial charge in [-0.15, -0.1) is 0 Å². The minimum absolute atomic E-state index is 0.307. The highest BCUT2D eigenvalue weighted by molar-refractivity contribution is 5.67.